The Morgan fingerprint density at radius 1 is 1.14 bits per heavy atom. The van der Waals surface area contributed by atoms with Gasteiger partial charge in [-0.15, -0.1) is 0 Å². The third-order valence-corrected chi connectivity index (χ3v) is 4.04. The van der Waals surface area contributed by atoms with Crippen molar-refractivity contribution in [1.29, 1.82) is 0 Å². The van der Waals surface area contributed by atoms with Crippen molar-refractivity contribution in [3.05, 3.63) is 59.7 Å². The van der Waals surface area contributed by atoms with Crippen molar-refractivity contribution in [3.8, 4) is 0 Å². The van der Waals surface area contributed by atoms with Crippen LogP contribution in [0.5, 0.6) is 0 Å². The Morgan fingerprint density at radius 3 is 2.64 bits per heavy atom. The summed E-state index contributed by atoms with van der Waals surface area (Å²) in [6.07, 6.45) is -0.567. The predicted molar refractivity (Wildman–Crippen MR) is 97.1 cm³/mol. The van der Waals surface area contributed by atoms with E-state index in [1.165, 1.54) is 4.90 Å². The standard InChI is InChI=1S/C19H17F2N3O4/c20-12-5-6-13(14(21)11-12)18(26)22-8-7-17(25)23-15-3-1-2-4-16(15)24-9-10-28-19(24)27/h1-6,11H,7-10H2,(H,22,26)(H,23,25). The van der Waals surface area contributed by atoms with Gasteiger partial charge >= 0.3 is 6.09 Å². The number of hydrogen-bond donors (Lipinski definition) is 2. The molecular weight excluding hydrogens is 372 g/mol. The minimum absolute atomic E-state index is 0.0462. The van der Waals surface area contributed by atoms with Gasteiger partial charge in [0.1, 0.15) is 18.2 Å². The van der Waals surface area contributed by atoms with Crippen molar-refractivity contribution in [3.63, 3.8) is 0 Å². The van der Waals surface area contributed by atoms with Crippen LogP contribution < -0.4 is 15.5 Å². The Kier molecular flexibility index (Phi) is 5.83. The first kappa shape index (κ1) is 19.3. The molecule has 0 spiro atoms. The molecule has 1 saturated heterocycles. The van der Waals surface area contributed by atoms with E-state index in [9.17, 15) is 23.2 Å². The molecule has 0 bridgehead atoms. The van der Waals surface area contributed by atoms with Crippen LogP contribution in [0.25, 0.3) is 0 Å². The fraction of sp³-hybridized carbons (Fsp3) is 0.211. The van der Waals surface area contributed by atoms with Gasteiger partial charge in [0.2, 0.25) is 5.91 Å². The van der Waals surface area contributed by atoms with Crippen LogP contribution in [0.3, 0.4) is 0 Å². The van der Waals surface area contributed by atoms with Gasteiger partial charge in [0.05, 0.1) is 23.5 Å². The van der Waals surface area contributed by atoms with Crippen LogP contribution in [-0.2, 0) is 9.53 Å². The van der Waals surface area contributed by atoms with Crippen molar-refractivity contribution in [2.75, 3.05) is 29.9 Å². The predicted octanol–water partition coefficient (Wildman–Crippen LogP) is 2.68. The average molecular weight is 389 g/mol. The van der Waals surface area contributed by atoms with Gasteiger partial charge < -0.3 is 15.4 Å². The summed E-state index contributed by atoms with van der Waals surface area (Å²) in [6, 6.07) is 9.39. The summed E-state index contributed by atoms with van der Waals surface area (Å²) in [5.74, 6) is -2.91. The summed E-state index contributed by atoms with van der Waals surface area (Å²) in [6.45, 7) is 0.605. The van der Waals surface area contributed by atoms with Gasteiger partial charge in [-0.3, -0.25) is 14.5 Å². The zero-order chi connectivity index (χ0) is 20.1. The maximum atomic E-state index is 13.6. The van der Waals surface area contributed by atoms with Gasteiger partial charge in [0, 0.05) is 19.0 Å². The minimum atomic E-state index is -0.978. The highest BCUT2D eigenvalue weighted by atomic mass is 19.1. The molecule has 0 saturated carbocycles. The summed E-state index contributed by atoms with van der Waals surface area (Å²) in [7, 11) is 0. The van der Waals surface area contributed by atoms with Crippen molar-refractivity contribution in [2.45, 2.75) is 6.42 Å². The van der Waals surface area contributed by atoms with Gasteiger partial charge in [-0.2, -0.15) is 0 Å². The third-order valence-electron chi connectivity index (χ3n) is 4.04. The molecular formula is C19H17F2N3O4. The van der Waals surface area contributed by atoms with E-state index >= 15 is 0 Å². The molecule has 7 nitrogen and oxygen atoms in total. The lowest BCUT2D eigenvalue weighted by Crippen LogP contribution is -2.29. The van der Waals surface area contributed by atoms with Crippen LogP contribution in [0.4, 0.5) is 25.0 Å². The largest absolute Gasteiger partial charge is 0.447 e. The number of anilines is 2. The molecule has 0 unspecified atom stereocenters. The monoisotopic (exact) mass is 389 g/mol. The fourth-order valence-electron chi connectivity index (χ4n) is 2.70. The summed E-state index contributed by atoms with van der Waals surface area (Å²) in [5, 5.41) is 5.08. The van der Waals surface area contributed by atoms with Crippen molar-refractivity contribution in [2.24, 2.45) is 0 Å². The lowest BCUT2D eigenvalue weighted by Gasteiger charge is -2.17. The Bertz CT molecular complexity index is 920. The number of halogens is 2. The van der Waals surface area contributed by atoms with E-state index in [0.717, 1.165) is 12.1 Å². The second kappa shape index (κ2) is 8.47. The number of nitrogens with zero attached hydrogens (tertiary/aromatic N) is 1. The van der Waals surface area contributed by atoms with Crippen LogP contribution >= 0.6 is 0 Å². The van der Waals surface area contributed by atoms with Crippen molar-refractivity contribution >= 4 is 29.3 Å². The van der Waals surface area contributed by atoms with Crippen molar-refractivity contribution in [1.82, 2.24) is 5.32 Å². The second-order valence-corrected chi connectivity index (χ2v) is 5.96. The first-order valence-electron chi connectivity index (χ1n) is 8.52. The topological polar surface area (TPSA) is 87.7 Å². The first-order chi connectivity index (χ1) is 13.5. The SMILES string of the molecule is O=C(CCNC(=O)c1ccc(F)cc1F)Nc1ccccc1N1CCOC1=O. The number of nitrogens with one attached hydrogen (secondary N) is 2. The molecule has 2 N–H and O–H groups in total. The quantitative estimate of drug-likeness (QED) is 0.795. The first-order valence-corrected chi connectivity index (χ1v) is 8.52. The van der Waals surface area contributed by atoms with Crippen LogP contribution in [0, 0.1) is 11.6 Å². The van der Waals surface area contributed by atoms with E-state index in [-0.39, 0.29) is 25.1 Å². The van der Waals surface area contributed by atoms with Crippen LogP contribution in [-0.4, -0.2) is 37.6 Å². The molecule has 1 aliphatic rings. The molecule has 1 heterocycles. The highest BCUT2D eigenvalue weighted by Crippen LogP contribution is 2.28. The molecule has 0 atom stereocenters. The zero-order valence-corrected chi connectivity index (χ0v) is 14.7. The number of rotatable bonds is 6. The molecule has 3 rings (SSSR count). The van der Waals surface area contributed by atoms with Gasteiger partial charge in [-0.25, -0.2) is 13.6 Å². The van der Waals surface area contributed by atoms with E-state index in [0.29, 0.717) is 24.0 Å². The summed E-state index contributed by atoms with van der Waals surface area (Å²) < 4.78 is 31.4. The molecule has 0 radical (unpaired) electrons. The second-order valence-electron chi connectivity index (χ2n) is 5.96. The Morgan fingerprint density at radius 2 is 1.93 bits per heavy atom. The van der Waals surface area contributed by atoms with Gasteiger partial charge in [0.25, 0.3) is 5.91 Å². The molecule has 2 aromatic carbocycles. The molecule has 1 aliphatic heterocycles. The summed E-state index contributed by atoms with van der Waals surface area (Å²) in [5.41, 5.74) is 0.637. The van der Waals surface area contributed by atoms with Crippen molar-refractivity contribution < 1.29 is 27.9 Å². The molecule has 0 aromatic heterocycles. The number of benzene rings is 2. The highest BCUT2D eigenvalue weighted by Gasteiger charge is 2.25. The van der Waals surface area contributed by atoms with E-state index in [4.69, 9.17) is 4.74 Å². The number of carbonyl (C=O) groups is 3. The number of para-hydroxylation sites is 2. The maximum Gasteiger partial charge on any atom is 0.414 e. The minimum Gasteiger partial charge on any atom is -0.447 e. The van der Waals surface area contributed by atoms with E-state index < -0.39 is 29.5 Å². The summed E-state index contributed by atoms with van der Waals surface area (Å²) in [4.78, 5) is 37.2. The molecule has 146 valence electrons. The number of amides is 3. The normalized spacial score (nSPS) is 13.2. The van der Waals surface area contributed by atoms with E-state index in [1.54, 1.807) is 24.3 Å². The Labute approximate surface area is 159 Å². The lowest BCUT2D eigenvalue weighted by molar-refractivity contribution is -0.116. The molecule has 28 heavy (non-hydrogen) atoms. The number of hydrogen-bond acceptors (Lipinski definition) is 4. The van der Waals surface area contributed by atoms with E-state index in [1.807, 2.05) is 0 Å². The molecule has 2 aromatic rings. The maximum absolute atomic E-state index is 13.6. The highest BCUT2D eigenvalue weighted by molar-refractivity contribution is 6.00. The van der Waals surface area contributed by atoms with E-state index in [2.05, 4.69) is 10.6 Å². The Hall–Kier alpha value is -3.49. The number of carbonyl (C=O) groups excluding carboxylic acids is 3. The zero-order valence-electron chi connectivity index (χ0n) is 14.7. The van der Waals surface area contributed by atoms with Gasteiger partial charge in [-0.05, 0) is 24.3 Å². The lowest BCUT2D eigenvalue weighted by atomic mass is 10.2. The fourth-order valence-corrected chi connectivity index (χ4v) is 2.70. The molecule has 0 aliphatic carbocycles. The third kappa shape index (κ3) is 4.43. The van der Waals surface area contributed by atoms with Gasteiger partial charge in [-0.1, -0.05) is 12.1 Å². The number of cyclic esters (lactones) is 1. The van der Waals surface area contributed by atoms with Crippen LogP contribution in [0.2, 0.25) is 0 Å². The average Bonchev–Trinajstić information content (AvgIpc) is 3.08. The molecule has 1 fully saturated rings. The van der Waals surface area contributed by atoms with Crippen LogP contribution in [0.15, 0.2) is 42.5 Å². The Balaban J connectivity index is 1.55. The summed E-state index contributed by atoms with van der Waals surface area (Å²) >= 11 is 0. The molecule has 3 amide bonds. The molecule has 9 heteroatoms. The smallest absolute Gasteiger partial charge is 0.414 e. The van der Waals surface area contributed by atoms with Gasteiger partial charge in [0.15, 0.2) is 0 Å². The number of ether oxygens (including phenoxy) is 1. The van der Waals surface area contributed by atoms with Crippen LogP contribution in [0.1, 0.15) is 16.8 Å².